The zero-order chi connectivity index (χ0) is 20.5. The number of likely N-dealkylation sites (tertiary alicyclic amines) is 1. The van der Waals surface area contributed by atoms with E-state index in [1.807, 2.05) is 18.7 Å². The van der Waals surface area contributed by atoms with E-state index in [1.54, 1.807) is 30.3 Å². The number of nitrogens with one attached hydrogen (secondary N) is 2. The Balaban J connectivity index is 1.48. The van der Waals surface area contributed by atoms with Gasteiger partial charge in [0.1, 0.15) is 11.0 Å². The van der Waals surface area contributed by atoms with E-state index in [0.717, 1.165) is 37.0 Å². The molecule has 8 heteroatoms. The van der Waals surface area contributed by atoms with Crippen molar-refractivity contribution in [1.82, 2.24) is 25.2 Å². The van der Waals surface area contributed by atoms with E-state index < -0.39 is 0 Å². The number of amides is 2. The minimum atomic E-state index is -0.346. The molecule has 7 nitrogen and oxygen atoms in total. The highest BCUT2D eigenvalue weighted by Gasteiger charge is 2.22. The van der Waals surface area contributed by atoms with Gasteiger partial charge in [-0.1, -0.05) is 11.6 Å². The Labute approximate surface area is 173 Å². The summed E-state index contributed by atoms with van der Waals surface area (Å²) >= 11 is 5.90. The third-order valence-electron chi connectivity index (χ3n) is 5.20. The Morgan fingerprint density at radius 3 is 2.66 bits per heavy atom. The predicted molar refractivity (Wildman–Crippen MR) is 111 cm³/mol. The first-order valence-electron chi connectivity index (χ1n) is 9.65. The lowest BCUT2D eigenvalue weighted by atomic mass is 10.0. The Morgan fingerprint density at radius 2 is 1.93 bits per heavy atom. The minimum absolute atomic E-state index is 0.0359. The van der Waals surface area contributed by atoms with Gasteiger partial charge in [0.25, 0.3) is 11.8 Å². The number of imidazole rings is 1. The SMILES string of the molecule is Cc1cc(C(=O)NC(C)c2nc3nc(Cl)ccc3[nH]2)ccc1C(=O)N1CCCC1. The fraction of sp³-hybridized carbons (Fsp3) is 0.333. The maximum Gasteiger partial charge on any atom is 0.254 e. The van der Waals surface area contributed by atoms with Gasteiger partial charge >= 0.3 is 0 Å². The molecule has 0 saturated carbocycles. The highest BCUT2D eigenvalue weighted by molar-refractivity contribution is 6.29. The summed E-state index contributed by atoms with van der Waals surface area (Å²) in [6.45, 7) is 5.30. The van der Waals surface area contributed by atoms with Crippen molar-refractivity contribution in [2.75, 3.05) is 13.1 Å². The van der Waals surface area contributed by atoms with Crippen LogP contribution in [0.15, 0.2) is 30.3 Å². The molecule has 0 bridgehead atoms. The standard InChI is InChI=1S/C21H22ClN5O2/c1-12-11-14(5-6-15(12)21(29)27-9-3-4-10-27)20(28)23-13(2)18-24-16-7-8-17(22)25-19(16)26-18/h5-8,11,13H,3-4,9-10H2,1-2H3,(H,23,28)(H,24,25,26). The highest BCUT2D eigenvalue weighted by atomic mass is 35.5. The van der Waals surface area contributed by atoms with Gasteiger partial charge in [-0.3, -0.25) is 9.59 Å². The molecule has 1 saturated heterocycles. The quantitative estimate of drug-likeness (QED) is 0.641. The topological polar surface area (TPSA) is 91.0 Å². The molecule has 3 aromatic rings. The second-order valence-corrected chi connectivity index (χ2v) is 7.74. The Bertz CT molecular complexity index is 1090. The molecule has 0 radical (unpaired) electrons. The average molecular weight is 412 g/mol. The number of carbonyl (C=O) groups is 2. The molecule has 1 aliphatic rings. The van der Waals surface area contributed by atoms with E-state index in [1.165, 1.54) is 0 Å². The summed E-state index contributed by atoms with van der Waals surface area (Å²) in [6.07, 6.45) is 2.10. The van der Waals surface area contributed by atoms with Crippen LogP contribution in [0.3, 0.4) is 0 Å². The van der Waals surface area contributed by atoms with Gasteiger partial charge in [0, 0.05) is 24.2 Å². The third-order valence-corrected chi connectivity index (χ3v) is 5.41. The van der Waals surface area contributed by atoms with E-state index in [-0.39, 0.29) is 17.9 Å². The second kappa shape index (κ2) is 7.83. The number of benzene rings is 1. The number of carbonyl (C=O) groups excluding carboxylic acids is 2. The molecule has 150 valence electrons. The summed E-state index contributed by atoms with van der Waals surface area (Å²) in [4.78, 5) is 38.9. The Morgan fingerprint density at radius 1 is 1.17 bits per heavy atom. The highest BCUT2D eigenvalue weighted by Crippen LogP contribution is 2.19. The molecule has 1 aliphatic heterocycles. The lowest BCUT2D eigenvalue weighted by molar-refractivity contribution is 0.0791. The van der Waals surface area contributed by atoms with Crippen molar-refractivity contribution in [3.05, 3.63) is 58.0 Å². The van der Waals surface area contributed by atoms with Crippen LogP contribution in [-0.4, -0.2) is 44.8 Å². The largest absolute Gasteiger partial charge is 0.342 e. The van der Waals surface area contributed by atoms with Gasteiger partial charge in [-0.2, -0.15) is 0 Å². The lowest BCUT2D eigenvalue weighted by Gasteiger charge is -2.17. The van der Waals surface area contributed by atoms with Crippen molar-refractivity contribution >= 4 is 34.6 Å². The lowest BCUT2D eigenvalue weighted by Crippen LogP contribution is -2.29. The Hall–Kier alpha value is -2.93. The van der Waals surface area contributed by atoms with Crippen LogP contribution in [0.1, 0.15) is 57.9 Å². The molecule has 0 spiro atoms. The fourth-order valence-electron chi connectivity index (χ4n) is 3.58. The van der Waals surface area contributed by atoms with Crippen LogP contribution in [0.5, 0.6) is 0 Å². The normalized spacial score (nSPS) is 14.9. The molecule has 2 amide bonds. The first-order valence-corrected chi connectivity index (χ1v) is 10.0. The van der Waals surface area contributed by atoms with Crippen LogP contribution in [0, 0.1) is 6.92 Å². The molecule has 1 atom stereocenters. The van der Waals surface area contributed by atoms with E-state index in [2.05, 4.69) is 20.3 Å². The molecule has 0 aliphatic carbocycles. The maximum atomic E-state index is 12.7. The van der Waals surface area contributed by atoms with Crippen LogP contribution >= 0.6 is 11.6 Å². The van der Waals surface area contributed by atoms with Gasteiger partial charge in [-0.15, -0.1) is 0 Å². The molecule has 2 N–H and O–H groups in total. The first-order chi connectivity index (χ1) is 13.9. The molecule has 1 fully saturated rings. The van der Waals surface area contributed by atoms with Gasteiger partial charge in [0.05, 0.1) is 11.6 Å². The number of halogens is 1. The van der Waals surface area contributed by atoms with E-state index >= 15 is 0 Å². The molecule has 4 rings (SSSR count). The number of pyridine rings is 1. The van der Waals surface area contributed by atoms with Crippen molar-refractivity contribution in [3.63, 3.8) is 0 Å². The van der Waals surface area contributed by atoms with Crippen LogP contribution in [0.25, 0.3) is 11.2 Å². The number of H-pyrrole nitrogens is 1. The van der Waals surface area contributed by atoms with Gasteiger partial charge in [0.2, 0.25) is 0 Å². The van der Waals surface area contributed by atoms with Crippen molar-refractivity contribution < 1.29 is 9.59 Å². The smallest absolute Gasteiger partial charge is 0.254 e. The zero-order valence-corrected chi connectivity index (χ0v) is 17.1. The maximum absolute atomic E-state index is 12.7. The fourth-order valence-corrected chi connectivity index (χ4v) is 3.72. The third kappa shape index (κ3) is 3.96. The number of aromatic nitrogens is 3. The van der Waals surface area contributed by atoms with E-state index in [9.17, 15) is 9.59 Å². The minimum Gasteiger partial charge on any atom is -0.342 e. The van der Waals surface area contributed by atoms with Crippen LogP contribution in [0.4, 0.5) is 0 Å². The molecule has 29 heavy (non-hydrogen) atoms. The van der Waals surface area contributed by atoms with Crippen molar-refractivity contribution in [2.24, 2.45) is 0 Å². The summed E-state index contributed by atoms with van der Waals surface area (Å²) < 4.78 is 0. The number of hydrogen-bond acceptors (Lipinski definition) is 4. The van der Waals surface area contributed by atoms with Gasteiger partial charge < -0.3 is 15.2 Å². The first kappa shape index (κ1) is 19.4. The monoisotopic (exact) mass is 411 g/mol. The summed E-state index contributed by atoms with van der Waals surface area (Å²) in [5.74, 6) is 0.404. The molecule has 1 aromatic carbocycles. The number of fused-ring (bicyclic) bond motifs is 1. The molecular weight excluding hydrogens is 390 g/mol. The summed E-state index contributed by atoms with van der Waals surface area (Å²) in [5, 5.41) is 3.30. The number of rotatable bonds is 4. The molecule has 3 heterocycles. The summed E-state index contributed by atoms with van der Waals surface area (Å²) in [5.41, 5.74) is 3.21. The zero-order valence-electron chi connectivity index (χ0n) is 16.3. The van der Waals surface area contributed by atoms with Crippen LogP contribution < -0.4 is 5.32 Å². The van der Waals surface area contributed by atoms with E-state index in [0.29, 0.717) is 27.8 Å². The van der Waals surface area contributed by atoms with Gasteiger partial charge in [-0.25, -0.2) is 9.97 Å². The van der Waals surface area contributed by atoms with Gasteiger partial charge in [-0.05, 0) is 62.6 Å². The Kier molecular flexibility index (Phi) is 5.24. The molecule has 2 aromatic heterocycles. The number of nitrogens with zero attached hydrogens (tertiary/aromatic N) is 3. The number of hydrogen-bond donors (Lipinski definition) is 2. The predicted octanol–water partition coefficient (Wildman–Crippen LogP) is 3.65. The summed E-state index contributed by atoms with van der Waals surface area (Å²) in [7, 11) is 0. The van der Waals surface area contributed by atoms with Gasteiger partial charge in [0.15, 0.2) is 5.65 Å². The van der Waals surface area contributed by atoms with E-state index in [4.69, 9.17) is 11.6 Å². The van der Waals surface area contributed by atoms with Crippen LogP contribution in [0.2, 0.25) is 5.15 Å². The van der Waals surface area contributed by atoms with Crippen LogP contribution in [-0.2, 0) is 0 Å². The molecular formula is C21H22ClN5O2. The van der Waals surface area contributed by atoms with Crippen molar-refractivity contribution in [2.45, 2.75) is 32.7 Å². The molecule has 1 unspecified atom stereocenters. The average Bonchev–Trinajstić information content (AvgIpc) is 3.36. The van der Waals surface area contributed by atoms with Crippen molar-refractivity contribution in [3.8, 4) is 0 Å². The second-order valence-electron chi connectivity index (χ2n) is 7.35. The summed E-state index contributed by atoms with van der Waals surface area (Å²) in [6, 6.07) is 8.33. The number of aryl methyl sites for hydroxylation is 1. The van der Waals surface area contributed by atoms with Crippen molar-refractivity contribution in [1.29, 1.82) is 0 Å². The number of aromatic amines is 1.